The second-order valence-corrected chi connectivity index (χ2v) is 6.46. The maximum absolute atomic E-state index is 11.7. The molecule has 4 heteroatoms. The smallest absolute Gasteiger partial charge is 0.323 e. The van der Waals surface area contributed by atoms with E-state index in [2.05, 4.69) is 32.2 Å². The number of hydrogen-bond acceptors (Lipinski definition) is 4. The number of nitrogens with one attached hydrogen (secondary N) is 1. The highest BCUT2D eigenvalue weighted by Gasteiger charge is 2.25. The van der Waals surface area contributed by atoms with Gasteiger partial charge in [-0.1, -0.05) is 13.8 Å². The van der Waals surface area contributed by atoms with Crippen molar-refractivity contribution in [1.29, 1.82) is 0 Å². The zero-order valence-electron chi connectivity index (χ0n) is 12.0. The highest BCUT2D eigenvalue weighted by atomic mass is 32.1. The van der Waals surface area contributed by atoms with Crippen molar-refractivity contribution in [3.05, 3.63) is 21.4 Å². The van der Waals surface area contributed by atoms with Crippen LogP contribution >= 0.6 is 11.3 Å². The van der Waals surface area contributed by atoms with Gasteiger partial charge in [0, 0.05) is 15.8 Å². The van der Waals surface area contributed by atoms with E-state index < -0.39 is 0 Å². The molecule has 0 amide bonds. The fourth-order valence-corrected chi connectivity index (χ4v) is 3.12. The molecule has 1 N–H and O–H groups in total. The summed E-state index contributed by atoms with van der Waals surface area (Å²) < 4.78 is 4.85. The van der Waals surface area contributed by atoms with Crippen molar-refractivity contribution in [2.24, 2.45) is 5.92 Å². The van der Waals surface area contributed by atoms with Crippen molar-refractivity contribution in [2.45, 2.75) is 46.7 Å². The first-order chi connectivity index (χ1) is 8.36. The molecule has 1 unspecified atom stereocenters. The zero-order valence-corrected chi connectivity index (χ0v) is 12.9. The summed E-state index contributed by atoms with van der Waals surface area (Å²) >= 11 is 1.79. The molecule has 0 bridgehead atoms. The summed E-state index contributed by atoms with van der Waals surface area (Å²) in [5.74, 6) is 0.0152. The van der Waals surface area contributed by atoms with E-state index in [1.54, 1.807) is 11.3 Å². The van der Waals surface area contributed by atoms with Crippen molar-refractivity contribution in [3.8, 4) is 0 Å². The maximum atomic E-state index is 11.7. The summed E-state index contributed by atoms with van der Waals surface area (Å²) in [6.45, 7) is 10.4. The molecule has 0 aromatic carbocycles. The van der Waals surface area contributed by atoms with Crippen molar-refractivity contribution in [2.75, 3.05) is 7.11 Å². The van der Waals surface area contributed by atoms with Crippen LogP contribution in [-0.4, -0.2) is 19.1 Å². The number of ether oxygens (including phenoxy) is 1. The largest absolute Gasteiger partial charge is 0.468 e. The Balaban J connectivity index is 2.81. The van der Waals surface area contributed by atoms with E-state index in [1.807, 2.05) is 13.8 Å². The van der Waals surface area contributed by atoms with Crippen LogP contribution in [0.1, 0.15) is 42.1 Å². The Morgan fingerprint density at radius 1 is 1.33 bits per heavy atom. The summed E-state index contributed by atoms with van der Waals surface area (Å²) in [5, 5.41) is 3.37. The van der Waals surface area contributed by atoms with Crippen molar-refractivity contribution in [3.63, 3.8) is 0 Å². The van der Waals surface area contributed by atoms with Crippen LogP contribution in [-0.2, 0) is 9.53 Å². The van der Waals surface area contributed by atoms with Crippen LogP contribution < -0.4 is 5.32 Å². The number of thiophene rings is 1. The molecule has 2 atom stereocenters. The molecule has 0 saturated carbocycles. The van der Waals surface area contributed by atoms with E-state index in [0.29, 0.717) is 0 Å². The molecule has 1 rings (SSSR count). The van der Waals surface area contributed by atoms with Crippen molar-refractivity contribution < 1.29 is 9.53 Å². The van der Waals surface area contributed by atoms with E-state index in [-0.39, 0.29) is 24.0 Å². The minimum atomic E-state index is -0.260. The highest BCUT2D eigenvalue weighted by Crippen LogP contribution is 2.27. The molecular formula is C14H23NO2S. The van der Waals surface area contributed by atoms with Gasteiger partial charge in [0.2, 0.25) is 0 Å². The number of esters is 1. The summed E-state index contributed by atoms with van der Waals surface area (Å²) in [6, 6.07) is 2.08. The number of hydrogen-bond donors (Lipinski definition) is 1. The highest BCUT2D eigenvalue weighted by molar-refractivity contribution is 7.12. The molecule has 0 saturated heterocycles. The van der Waals surface area contributed by atoms with Gasteiger partial charge >= 0.3 is 5.97 Å². The quantitative estimate of drug-likeness (QED) is 0.834. The van der Waals surface area contributed by atoms with Crippen LogP contribution in [0, 0.1) is 19.8 Å². The van der Waals surface area contributed by atoms with Gasteiger partial charge in [0.15, 0.2) is 0 Å². The summed E-state index contributed by atoms with van der Waals surface area (Å²) in [7, 11) is 1.43. The van der Waals surface area contributed by atoms with Crippen LogP contribution in [0.25, 0.3) is 0 Å². The minimum Gasteiger partial charge on any atom is -0.468 e. The van der Waals surface area contributed by atoms with Crippen molar-refractivity contribution >= 4 is 17.3 Å². The molecule has 1 aromatic rings. The van der Waals surface area contributed by atoms with Crippen LogP contribution in [0.3, 0.4) is 0 Å². The molecule has 0 aliphatic rings. The Morgan fingerprint density at radius 3 is 2.33 bits per heavy atom. The molecular weight excluding hydrogens is 246 g/mol. The van der Waals surface area contributed by atoms with Crippen LogP contribution in [0.5, 0.6) is 0 Å². The standard InChI is InChI=1S/C14H23NO2S/c1-8(2)13(14(16)17-6)15-10(4)12-7-9(3)18-11(12)5/h7-8,10,13,15H,1-6H3/t10?,13-/m0/s1. The van der Waals surface area contributed by atoms with Gasteiger partial charge < -0.3 is 4.74 Å². The summed E-state index contributed by atoms with van der Waals surface area (Å²) in [6.07, 6.45) is 0. The Hall–Kier alpha value is -0.870. The minimum absolute atomic E-state index is 0.154. The topological polar surface area (TPSA) is 38.3 Å². The molecule has 0 spiro atoms. The lowest BCUT2D eigenvalue weighted by Crippen LogP contribution is -2.43. The third-order valence-corrected chi connectivity index (χ3v) is 4.08. The van der Waals surface area contributed by atoms with Gasteiger partial charge in [0.05, 0.1) is 7.11 Å². The van der Waals surface area contributed by atoms with E-state index >= 15 is 0 Å². The average Bonchev–Trinajstić information content (AvgIpc) is 2.63. The van der Waals surface area contributed by atoms with E-state index in [0.717, 1.165) is 0 Å². The number of carbonyl (C=O) groups excluding carboxylic acids is 1. The zero-order chi connectivity index (χ0) is 13.9. The number of methoxy groups -OCH3 is 1. The van der Waals surface area contributed by atoms with Gasteiger partial charge in [0.1, 0.15) is 6.04 Å². The third kappa shape index (κ3) is 3.56. The Labute approximate surface area is 114 Å². The van der Waals surface area contributed by atoms with Crippen LogP contribution in [0.15, 0.2) is 6.07 Å². The van der Waals surface area contributed by atoms with Gasteiger partial charge in [-0.05, 0) is 38.3 Å². The first-order valence-electron chi connectivity index (χ1n) is 6.27. The molecule has 0 aliphatic carbocycles. The molecule has 0 radical (unpaired) electrons. The summed E-state index contributed by atoms with van der Waals surface area (Å²) in [5.41, 5.74) is 1.27. The molecule has 0 fully saturated rings. The van der Waals surface area contributed by atoms with Gasteiger partial charge in [-0.3, -0.25) is 10.1 Å². The fraction of sp³-hybridized carbons (Fsp3) is 0.643. The molecule has 0 aliphatic heterocycles. The first-order valence-corrected chi connectivity index (χ1v) is 7.09. The molecule has 1 heterocycles. The first kappa shape index (κ1) is 15.2. The van der Waals surface area contributed by atoms with E-state index in [1.165, 1.54) is 22.4 Å². The van der Waals surface area contributed by atoms with Crippen LogP contribution in [0.4, 0.5) is 0 Å². The second kappa shape index (κ2) is 6.34. The number of rotatable bonds is 5. The lowest BCUT2D eigenvalue weighted by atomic mass is 10.0. The molecule has 1 aromatic heterocycles. The normalized spacial score (nSPS) is 14.6. The predicted molar refractivity (Wildman–Crippen MR) is 76.0 cm³/mol. The second-order valence-electron chi connectivity index (χ2n) is 5.00. The number of carbonyl (C=O) groups is 1. The van der Waals surface area contributed by atoms with Crippen LogP contribution in [0.2, 0.25) is 0 Å². The van der Waals surface area contributed by atoms with Gasteiger partial charge in [-0.25, -0.2) is 0 Å². The Morgan fingerprint density at radius 2 is 1.94 bits per heavy atom. The Bertz CT molecular complexity index is 412. The van der Waals surface area contributed by atoms with Gasteiger partial charge in [-0.2, -0.15) is 0 Å². The maximum Gasteiger partial charge on any atom is 0.323 e. The van der Waals surface area contributed by atoms with E-state index in [4.69, 9.17) is 4.74 Å². The van der Waals surface area contributed by atoms with Gasteiger partial charge in [-0.15, -0.1) is 11.3 Å². The Kier molecular flexibility index (Phi) is 5.35. The molecule has 102 valence electrons. The lowest BCUT2D eigenvalue weighted by Gasteiger charge is -2.24. The van der Waals surface area contributed by atoms with Gasteiger partial charge in [0.25, 0.3) is 0 Å². The third-order valence-electron chi connectivity index (χ3n) is 3.10. The monoisotopic (exact) mass is 269 g/mol. The lowest BCUT2D eigenvalue weighted by molar-refractivity contribution is -0.144. The predicted octanol–water partition coefficient (Wildman–Crippen LogP) is 3.21. The fourth-order valence-electron chi connectivity index (χ4n) is 2.10. The molecule has 18 heavy (non-hydrogen) atoms. The number of aryl methyl sites for hydroxylation is 2. The average molecular weight is 269 g/mol. The van der Waals surface area contributed by atoms with Crippen molar-refractivity contribution in [1.82, 2.24) is 5.32 Å². The SMILES string of the molecule is COC(=O)[C@@H](NC(C)c1cc(C)sc1C)C(C)C. The van der Waals surface area contributed by atoms with E-state index in [9.17, 15) is 4.79 Å². The summed E-state index contributed by atoms with van der Waals surface area (Å²) in [4.78, 5) is 14.3. The molecule has 3 nitrogen and oxygen atoms in total.